The Bertz CT molecular complexity index is 708. The van der Waals surface area contributed by atoms with Gasteiger partial charge in [0.1, 0.15) is 4.70 Å². The molecule has 2 nitrogen and oxygen atoms in total. The third-order valence-electron chi connectivity index (χ3n) is 2.63. The minimum absolute atomic E-state index is 0.0156. The van der Waals surface area contributed by atoms with E-state index in [4.69, 9.17) is 0 Å². The highest BCUT2D eigenvalue weighted by molar-refractivity contribution is 7.17. The number of aryl methyl sites for hydroxylation is 1. The maximum absolute atomic E-state index is 11.8. The van der Waals surface area contributed by atoms with Crippen LogP contribution in [0, 0.1) is 6.92 Å². The van der Waals surface area contributed by atoms with Crippen molar-refractivity contribution in [1.82, 2.24) is 4.98 Å². The van der Waals surface area contributed by atoms with Crippen LogP contribution in [0.4, 0.5) is 0 Å². The van der Waals surface area contributed by atoms with Crippen molar-refractivity contribution in [1.29, 1.82) is 0 Å². The normalized spacial score (nSPS) is 11.3. The van der Waals surface area contributed by atoms with Crippen LogP contribution in [0.15, 0.2) is 34.4 Å². The van der Waals surface area contributed by atoms with E-state index in [0.29, 0.717) is 0 Å². The Kier molecular flexibility index (Phi) is 1.70. The highest BCUT2D eigenvalue weighted by Crippen LogP contribution is 2.28. The SMILES string of the molecule is Cc1csc2c(=O)[nH]c3ccccc3c12. The van der Waals surface area contributed by atoms with Crippen LogP contribution in [-0.2, 0) is 0 Å². The fraction of sp³-hybridized carbons (Fsp3) is 0.0833. The molecule has 0 saturated heterocycles. The topological polar surface area (TPSA) is 32.9 Å². The smallest absolute Gasteiger partial charge is 0.266 e. The summed E-state index contributed by atoms with van der Waals surface area (Å²) in [6, 6.07) is 7.92. The molecule has 0 spiro atoms. The molecular formula is C12H9NOS. The lowest BCUT2D eigenvalue weighted by Crippen LogP contribution is -2.04. The highest BCUT2D eigenvalue weighted by Gasteiger charge is 2.08. The molecule has 0 aliphatic rings. The van der Waals surface area contributed by atoms with E-state index < -0.39 is 0 Å². The van der Waals surface area contributed by atoms with Gasteiger partial charge in [-0.3, -0.25) is 4.79 Å². The maximum Gasteiger partial charge on any atom is 0.266 e. The van der Waals surface area contributed by atoms with Gasteiger partial charge in [0.25, 0.3) is 5.56 Å². The van der Waals surface area contributed by atoms with Gasteiger partial charge in [-0.1, -0.05) is 18.2 Å². The Balaban J connectivity index is 2.74. The van der Waals surface area contributed by atoms with E-state index in [-0.39, 0.29) is 5.56 Å². The van der Waals surface area contributed by atoms with Crippen molar-refractivity contribution in [2.24, 2.45) is 0 Å². The van der Waals surface area contributed by atoms with Gasteiger partial charge in [-0.15, -0.1) is 11.3 Å². The molecule has 15 heavy (non-hydrogen) atoms. The number of nitrogens with one attached hydrogen (secondary N) is 1. The van der Waals surface area contributed by atoms with Gasteiger partial charge in [0, 0.05) is 16.3 Å². The number of thiophene rings is 1. The number of hydrogen-bond acceptors (Lipinski definition) is 2. The number of pyridine rings is 1. The molecule has 74 valence electrons. The molecule has 0 radical (unpaired) electrons. The Labute approximate surface area is 90.2 Å². The third-order valence-corrected chi connectivity index (χ3v) is 3.72. The summed E-state index contributed by atoms with van der Waals surface area (Å²) >= 11 is 1.51. The van der Waals surface area contributed by atoms with Gasteiger partial charge in [0.2, 0.25) is 0 Å². The minimum atomic E-state index is 0.0156. The third kappa shape index (κ3) is 1.13. The average Bonchev–Trinajstić information content (AvgIpc) is 2.62. The monoisotopic (exact) mass is 215 g/mol. The lowest BCUT2D eigenvalue weighted by atomic mass is 10.1. The molecule has 0 fully saturated rings. The van der Waals surface area contributed by atoms with Crippen molar-refractivity contribution < 1.29 is 0 Å². The standard InChI is InChI=1S/C12H9NOS/c1-7-6-15-11-10(7)8-4-2-3-5-9(8)13-12(11)14/h2-6H,1H3,(H,13,14). The highest BCUT2D eigenvalue weighted by atomic mass is 32.1. The van der Waals surface area contributed by atoms with E-state index >= 15 is 0 Å². The van der Waals surface area contributed by atoms with Crippen molar-refractivity contribution in [2.45, 2.75) is 6.92 Å². The van der Waals surface area contributed by atoms with Crippen LogP contribution in [0.3, 0.4) is 0 Å². The number of aromatic nitrogens is 1. The molecule has 2 aromatic heterocycles. The van der Waals surface area contributed by atoms with E-state index in [0.717, 1.165) is 21.0 Å². The molecule has 0 saturated carbocycles. The van der Waals surface area contributed by atoms with Crippen LogP contribution in [0.1, 0.15) is 5.56 Å². The second kappa shape index (κ2) is 2.94. The van der Waals surface area contributed by atoms with Crippen LogP contribution in [0.5, 0.6) is 0 Å². The molecule has 0 unspecified atom stereocenters. The summed E-state index contributed by atoms with van der Waals surface area (Å²) < 4.78 is 0.825. The first-order valence-corrected chi connectivity index (χ1v) is 5.64. The summed E-state index contributed by atoms with van der Waals surface area (Å²) in [5.74, 6) is 0. The first kappa shape index (κ1) is 8.68. The van der Waals surface area contributed by atoms with E-state index in [1.165, 1.54) is 16.9 Å². The molecule has 0 bridgehead atoms. The van der Waals surface area contributed by atoms with E-state index in [2.05, 4.69) is 4.98 Å². The Hall–Kier alpha value is -1.61. The molecule has 3 rings (SSSR count). The van der Waals surface area contributed by atoms with Crippen LogP contribution in [0.25, 0.3) is 21.0 Å². The summed E-state index contributed by atoms with van der Waals surface area (Å²) in [4.78, 5) is 14.7. The summed E-state index contributed by atoms with van der Waals surface area (Å²) in [5, 5.41) is 4.26. The van der Waals surface area contributed by atoms with Crippen LogP contribution in [-0.4, -0.2) is 4.98 Å². The van der Waals surface area contributed by atoms with Gasteiger partial charge in [0.15, 0.2) is 0 Å². The number of benzene rings is 1. The zero-order valence-corrected chi connectivity index (χ0v) is 9.02. The van der Waals surface area contributed by atoms with Crippen molar-refractivity contribution in [3.63, 3.8) is 0 Å². The van der Waals surface area contributed by atoms with Crippen LogP contribution >= 0.6 is 11.3 Å². The quantitative estimate of drug-likeness (QED) is 0.614. The summed E-state index contributed by atoms with van der Waals surface area (Å²) in [5.41, 5.74) is 2.11. The molecule has 3 aromatic rings. The van der Waals surface area contributed by atoms with Crippen molar-refractivity contribution in [3.05, 3.63) is 45.6 Å². The van der Waals surface area contributed by atoms with Gasteiger partial charge in [0.05, 0.1) is 0 Å². The van der Waals surface area contributed by atoms with Gasteiger partial charge >= 0.3 is 0 Å². The average molecular weight is 215 g/mol. The zero-order chi connectivity index (χ0) is 10.4. The van der Waals surface area contributed by atoms with E-state index in [1.54, 1.807) is 0 Å². The fourth-order valence-corrected chi connectivity index (χ4v) is 2.89. The molecule has 0 atom stereocenters. The predicted octanol–water partition coefficient (Wildman–Crippen LogP) is 3.05. The Morgan fingerprint density at radius 2 is 2.07 bits per heavy atom. The number of rotatable bonds is 0. The summed E-state index contributed by atoms with van der Waals surface area (Å²) in [7, 11) is 0. The molecule has 1 aromatic carbocycles. The summed E-state index contributed by atoms with van der Waals surface area (Å²) in [6.07, 6.45) is 0. The molecule has 0 aliphatic heterocycles. The minimum Gasteiger partial charge on any atom is -0.321 e. The lowest BCUT2D eigenvalue weighted by molar-refractivity contribution is 1.35. The Morgan fingerprint density at radius 1 is 1.27 bits per heavy atom. The molecular weight excluding hydrogens is 206 g/mol. The number of para-hydroxylation sites is 1. The van der Waals surface area contributed by atoms with E-state index in [9.17, 15) is 4.79 Å². The first-order valence-electron chi connectivity index (χ1n) is 4.76. The van der Waals surface area contributed by atoms with Crippen molar-refractivity contribution in [3.8, 4) is 0 Å². The number of H-pyrrole nitrogens is 1. The van der Waals surface area contributed by atoms with Gasteiger partial charge < -0.3 is 4.98 Å². The van der Waals surface area contributed by atoms with Crippen molar-refractivity contribution >= 4 is 32.3 Å². The first-order chi connectivity index (χ1) is 7.27. The van der Waals surface area contributed by atoms with Crippen LogP contribution < -0.4 is 5.56 Å². The van der Waals surface area contributed by atoms with Crippen molar-refractivity contribution in [2.75, 3.05) is 0 Å². The van der Waals surface area contributed by atoms with E-state index in [1.807, 2.05) is 36.6 Å². The molecule has 3 heteroatoms. The van der Waals surface area contributed by atoms with Crippen LogP contribution in [0.2, 0.25) is 0 Å². The number of aromatic amines is 1. The molecule has 1 N–H and O–H groups in total. The second-order valence-corrected chi connectivity index (χ2v) is 4.50. The zero-order valence-electron chi connectivity index (χ0n) is 8.20. The van der Waals surface area contributed by atoms with Gasteiger partial charge in [-0.05, 0) is 23.9 Å². The lowest BCUT2D eigenvalue weighted by Gasteiger charge is -1.99. The van der Waals surface area contributed by atoms with Gasteiger partial charge in [-0.25, -0.2) is 0 Å². The Morgan fingerprint density at radius 3 is 2.93 bits per heavy atom. The summed E-state index contributed by atoms with van der Waals surface area (Å²) in [6.45, 7) is 2.05. The maximum atomic E-state index is 11.8. The number of hydrogen-bond donors (Lipinski definition) is 1. The van der Waals surface area contributed by atoms with Gasteiger partial charge in [-0.2, -0.15) is 0 Å². The molecule has 2 heterocycles. The number of fused-ring (bicyclic) bond motifs is 3. The predicted molar refractivity (Wildman–Crippen MR) is 64.7 cm³/mol. The second-order valence-electron chi connectivity index (χ2n) is 3.62. The molecule has 0 aliphatic carbocycles. The molecule has 0 amide bonds. The fourth-order valence-electron chi connectivity index (χ4n) is 1.94. The largest absolute Gasteiger partial charge is 0.321 e.